The van der Waals surface area contributed by atoms with Gasteiger partial charge in [-0.2, -0.15) is 0 Å². The molecule has 0 aliphatic rings. The van der Waals surface area contributed by atoms with Gasteiger partial charge in [0.25, 0.3) is 0 Å². The van der Waals surface area contributed by atoms with Gasteiger partial charge in [-0.3, -0.25) is 9.78 Å². The Labute approximate surface area is 127 Å². The number of pyridine rings is 1. The van der Waals surface area contributed by atoms with E-state index >= 15 is 0 Å². The molecule has 92 valence electrons. The number of hydrogen-bond acceptors (Lipinski definition) is 2. The quantitative estimate of drug-likeness (QED) is 0.713. The van der Waals surface area contributed by atoms with Gasteiger partial charge in [0.2, 0.25) is 0 Å². The van der Waals surface area contributed by atoms with Gasteiger partial charge in [-0.15, -0.1) is 0 Å². The fourth-order valence-electron chi connectivity index (χ4n) is 1.45. The summed E-state index contributed by atoms with van der Waals surface area (Å²) in [5, 5.41) is 0.591. The van der Waals surface area contributed by atoms with E-state index in [-0.39, 0.29) is 12.2 Å². The maximum absolute atomic E-state index is 12.0. The van der Waals surface area contributed by atoms with Crippen LogP contribution in [0.4, 0.5) is 0 Å². The van der Waals surface area contributed by atoms with Crippen molar-refractivity contribution < 1.29 is 4.79 Å². The van der Waals surface area contributed by atoms with E-state index in [4.69, 9.17) is 11.6 Å². The van der Waals surface area contributed by atoms with Crippen molar-refractivity contribution >= 4 is 49.2 Å². The van der Waals surface area contributed by atoms with Crippen molar-refractivity contribution in [2.45, 2.75) is 6.42 Å². The Kier molecular flexibility index (Phi) is 4.54. The molecule has 0 spiro atoms. The highest BCUT2D eigenvalue weighted by Crippen LogP contribution is 2.23. The standard InChI is InChI=1S/C13H8Br2ClNO/c14-9-2-3-10(17-7-9)6-13(18)8-1-4-12(16)11(15)5-8/h1-5,7H,6H2. The second-order valence-corrected chi connectivity index (χ2v) is 5.87. The zero-order valence-electron chi connectivity index (χ0n) is 9.16. The van der Waals surface area contributed by atoms with E-state index in [1.165, 1.54) is 0 Å². The summed E-state index contributed by atoms with van der Waals surface area (Å²) in [5.74, 6) is 0.0159. The molecule has 0 N–H and O–H groups in total. The molecular formula is C13H8Br2ClNO. The zero-order valence-corrected chi connectivity index (χ0v) is 13.1. The minimum atomic E-state index is 0.0159. The van der Waals surface area contributed by atoms with Gasteiger partial charge in [-0.25, -0.2) is 0 Å². The lowest BCUT2D eigenvalue weighted by Crippen LogP contribution is -2.04. The summed E-state index contributed by atoms with van der Waals surface area (Å²) in [6, 6.07) is 8.84. The number of halogens is 3. The number of Topliss-reactive ketones (excluding diaryl/α,β-unsaturated/α-hetero) is 1. The Morgan fingerprint density at radius 1 is 1.22 bits per heavy atom. The number of rotatable bonds is 3. The predicted molar refractivity (Wildman–Crippen MR) is 79.1 cm³/mol. The number of aromatic nitrogens is 1. The average molecular weight is 389 g/mol. The highest BCUT2D eigenvalue weighted by molar-refractivity contribution is 9.10. The molecule has 0 unspecified atom stereocenters. The molecule has 0 fully saturated rings. The molecular weight excluding hydrogens is 381 g/mol. The molecule has 18 heavy (non-hydrogen) atoms. The number of nitrogens with zero attached hydrogens (tertiary/aromatic N) is 1. The Morgan fingerprint density at radius 3 is 2.61 bits per heavy atom. The van der Waals surface area contributed by atoms with Crippen LogP contribution in [0.3, 0.4) is 0 Å². The van der Waals surface area contributed by atoms with Crippen molar-refractivity contribution in [2.24, 2.45) is 0 Å². The van der Waals surface area contributed by atoms with Gasteiger partial charge in [0.05, 0.1) is 11.4 Å². The van der Waals surface area contributed by atoms with Crippen LogP contribution in [0.15, 0.2) is 45.5 Å². The first-order valence-corrected chi connectivity index (χ1v) is 7.11. The van der Waals surface area contributed by atoms with Crippen molar-refractivity contribution in [1.82, 2.24) is 4.98 Å². The van der Waals surface area contributed by atoms with Gasteiger partial charge in [-0.1, -0.05) is 11.6 Å². The fraction of sp³-hybridized carbons (Fsp3) is 0.0769. The van der Waals surface area contributed by atoms with Crippen LogP contribution in [0.2, 0.25) is 5.02 Å². The second-order valence-electron chi connectivity index (χ2n) is 3.70. The molecule has 0 saturated heterocycles. The van der Waals surface area contributed by atoms with Crippen LogP contribution in [0.25, 0.3) is 0 Å². The number of carbonyl (C=O) groups is 1. The van der Waals surface area contributed by atoms with Gasteiger partial charge >= 0.3 is 0 Å². The van der Waals surface area contributed by atoms with Crippen LogP contribution in [-0.4, -0.2) is 10.8 Å². The van der Waals surface area contributed by atoms with Gasteiger partial charge in [0, 0.05) is 26.4 Å². The van der Waals surface area contributed by atoms with E-state index in [0.29, 0.717) is 10.6 Å². The van der Waals surface area contributed by atoms with E-state index in [9.17, 15) is 4.79 Å². The number of hydrogen-bond donors (Lipinski definition) is 0. The lowest BCUT2D eigenvalue weighted by atomic mass is 10.1. The number of benzene rings is 1. The molecule has 1 aromatic heterocycles. The molecule has 0 bridgehead atoms. The van der Waals surface area contributed by atoms with E-state index in [2.05, 4.69) is 36.8 Å². The summed E-state index contributed by atoms with van der Waals surface area (Å²) in [5.41, 5.74) is 1.37. The fourth-order valence-corrected chi connectivity index (χ4v) is 2.18. The van der Waals surface area contributed by atoms with Crippen LogP contribution in [0.5, 0.6) is 0 Å². The lowest BCUT2D eigenvalue weighted by molar-refractivity contribution is 0.0992. The Bertz CT molecular complexity index is 584. The second kappa shape index (κ2) is 5.95. The molecule has 0 atom stereocenters. The van der Waals surface area contributed by atoms with Gasteiger partial charge in [0.1, 0.15) is 0 Å². The Hall–Kier alpha value is -0.710. The zero-order chi connectivity index (χ0) is 13.1. The van der Waals surface area contributed by atoms with E-state index in [1.54, 1.807) is 24.4 Å². The smallest absolute Gasteiger partial charge is 0.168 e. The van der Waals surface area contributed by atoms with E-state index < -0.39 is 0 Å². The van der Waals surface area contributed by atoms with Crippen molar-refractivity contribution in [1.29, 1.82) is 0 Å². The van der Waals surface area contributed by atoms with Crippen molar-refractivity contribution in [3.63, 3.8) is 0 Å². The summed E-state index contributed by atoms with van der Waals surface area (Å²) in [6.45, 7) is 0. The SMILES string of the molecule is O=C(Cc1ccc(Br)cn1)c1ccc(Cl)c(Br)c1. The van der Waals surface area contributed by atoms with Crippen LogP contribution < -0.4 is 0 Å². The molecule has 1 heterocycles. The third kappa shape index (κ3) is 3.40. The summed E-state index contributed by atoms with van der Waals surface area (Å²) in [6.07, 6.45) is 1.96. The van der Waals surface area contributed by atoms with Crippen LogP contribution >= 0.6 is 43.5 Å². The Morgan fingerprint density at radius 2 is 2.00 bits per heavy atom. The lowest BCUT2D eigenvalue weighted by Gasteiger charge is -2.03. The molecule has 0 saturated carbocycles. The topological polar surface area (TPSA) is 30.0 Å². The predicted octanol–water partition coefficient (Wildman–Crippen LogP) is 4.69. The third-order valence-electron chi connectivity index (χ3n) is 2.37. The van der Waals surface area contributed by atoms with Gasteiger partial charge in [-0.05, 0) is 62.2 Å². The average Bonchev–Trinajstić information content (AvgIpc) is 2.35. The summed E-state index contributed by atoms with van der Waals surface area (Å²) in [4.78, 5) is 16.2. The molecule has 2 rings (SSSR count). The molecule has 2 aromatic rings. The van der Waals surface area contributed by atoms with Gasteiger partial charge in [0.15, 0.2) is 5.78 Å². The monoisotopic (exact) mass is 387 g/mol. The molecule has 0 radical (unpaired) electrons. The highest BCUT2D eigenvalue weighted by atomic mass is 79.9. The maximum Gasteiger partial charge on any atom is 0.168 e. The maximum atomic E-state index is 12.0. The molecule has 5 heteroatoms. The van der Waals surface area contributed by atoms with Crippen molar-refractivity contribution in [3.05, 3.63) is 61.8 Å². The normalized spacial score (nSPS) is 10.4. The molecule has 2 nitrogen and oxygen atoms in total. The molecule has 0 amide bonds. The summed E-state index contributed by atoms with van der Waals surface area (Å²) in [7, 11) is 0. The van der Waals surface area contributed by atoms with Gasteiger partial charge < -0.3 is 0 Å². The van der Waals surface area contributed by atoms with Crippen molar-refractivity contribution in [3.8, 4) is 0 Å². The molecule has 0 aliphatic heterocycles. The van der Waals surface area contributed by atoms with E-state index in [1.807, 2.05) is 12.1 Å². The summed E-state index contributed by atoms with van der Waals surface area (Å²) >= 11 is 12.5. The minimum Gasteiger partial charge on any atom is -0.294 e. The van der Waals surface area contributed by atoms with E-state index in [0.717, 1.165) is 14.6 Å². The highest BCUT2D eigenvalue weighted by Gasteiger charge is 2.09. The largest absolute Gasteiger partial charge is 0.294 e. The number of carbonyl (C=O) groups excluding carboxylic acids is 1. The van der Waals surface area contributed by atoms with Crippen LogP contribution in [0.1, 0.15) is 16.1 Å². The first-order valence-electron chi connectivity index (χ1n) is 5.15. The summed E-state index contributed by atoms with van der Waals surface area (Å²) < 4.78 is 1.62. The first kappa shape index (κ1) is 13.7. The third-order valence-corrected chi connectivity index (χ3v) is 4.05. The molecule has 1 aromatic carbocycles. The Balaban J connectivity index is 2.16. The van der Waals surface area contributed by atoms with Crippen molar-refractivity contribution in [2.75, 3.05) is 0 Å². The molecule has 0 aliphatic carbocycles. The first-order chi connectivity index (χ1) is 8.56. The van der Waals surface area contributed by atoms with Crippen LogP contribution in [0, 0.1) is 0 Å². The minimum absolute atomic E-state index is 0.0159. The number of ketones is 1. The van der Waals surface area contributed by atoms with Crippen LogP contribution in [-0.2, 0) is 6.42 Å².